The number of aromatic nitrogens is 3. The maximum Gasteiger partial charge on any atom is 0.336 e. The SMILES string of the molecule is Cc1cc(NC(=O)CS(=O)(=O)c2nnc(-c3ccccc3C)o2)no1. The molecule has 1 amide bonds. The molecule has 1 aromatic carbocycles. The lowest BCUT2D eigenvalue weighted by Crippen LogP contribution is -2.23. The van der Waals surface area contributed by atoms with Gasteiger partial charge in [-0.15, -0.1) is 5.10 Å². The Balaban J connectivity index is 1.76. The molecule has 0 aliphatic carbocycles. The molecule has 130 valence electrons. The smallest absolute Gasteiger partial charge is 0.336 e. The first-order valence-corrected chi connectivity index (χ1v) is 8.86. The number of carbonyl (C=O) groups is 1. The van der Waals surface area contributed by atoms with Gasteiger partial charge in [0, 0.05) is 11.6 Å². The second kappa shape index (κ2) is 6.48. The van der Waals surface area contributed by atoms with E-state index in [0.29, 0.717) is 11.3 Å². The van der Waals surface area contributed by atoms with E-state index in [0.717, 1.165) is 5.56 Å². The van der Waals surface area contributed by atoms with Crippen molar-refractivity contribution in [2.24, 2.45) is 0 Å². The Morgan fingerprint density at radius 3 is 2.64 bits per heavy atom. The first kappa shape index (κ1) is 16.8. The Bertz CT molecular complexity index is 1020. The highest BCUT2D eigenvalue weighted by molar-refractivity contribution is 7.91. The van der Waals surface area contributed by atoms with Crippen molar-refractivity contribution in [1.82, 2.24) is 15.4 Å². The lowest BCUT2D eigenvalue weighted by atomic mass is 10.1. The van der Waals surface area contributed by atoms with E-state index in [-0.39, 0.29) is 11.7 Å². The van der Waals surface area contributed by atoms with Crippen LogP contribution in [0.25, 0.3) is 11.5 Å². The summed E-state index contributed by atoms with van der Waals surface area (Å²) in [4.78, 5) is 11.9. The Labute approximate surface area is 143 Å². The molecule has 0 saturated carbocycles. The molecule has 0 fully saturated rings. The van der Waals surface area contributed by atoms with Gasteiger partial charge in [-0.2, -0.15) is 0 Å². The Morgan fingerprint density at radius 1 is 1.20 bits per heavy atom. The van der Waals surface area contributed by atoms with Crippen molar-refractivity contribution in [1.29, 1.82) is 0 Å². The molecule has 3 rings (SSSR count). The molecule has 1 N–H and O–H groups in total. The third-order valence-corrected chi connectivity index (χ3v) is 4.60. The van der Waals surface area contributed by atoms with E-state index >= 15 is 0 Å². The van der Waals surface area contributed by atoms with Crippen LogP contribution in [0.5, 0.6) is 0 Å². The zero-order chi connectivity index (χ0) is 18.0. The minimum Gasteiger partial charge on any atom is -0.408 e. The summed E-state index contributed by atoms with van der Waals surface area (Å²) in [7, 11) is -4.08. The number of anilines is 1. The van der Waals surface area contributed by atoms with Crippen molar-refractivity contribution >= 4 is 21.6 Å². The number of amides is 1. The fraction of sp³-hybridized carbons (Fsp3) is 0.200. The van der Waals surface area contributed by atoms with E-state index in [1.807, 2.05) is 19.1 Å². The molecular formula is C15H14N4O5S. The van der Waals surface area contributed by atoms with E-state index in [1.54, 1.807) is 19.1 Å². The lowest BCUT2D eigenvalue weighted by molar-refractivity contribution is -0.113. The van der Waals surface area contributed by atoms with Gasteiger partial charge in [0.1, 0.15) is 11.5 Å². The number of benzene rings is 1. The maximum absolute atomic E-state index is 12.3. The summed E-state index contributed by atoms with van der Waals surface area (Å²) in [6.45, 7) is 3.48. The van der Waals surface area contributed by atoms with E-state index in [4.69, 9.17) is 8.94 Å². The highest BCUT2D eigenvalue weighted by Gasteiger charge is 2.27. The summed E-state index contributed by atoms with van der Waals surface area (Å²) in [6, 6.07) is 8.64. The van der Waals surface area contributed by atoms with Gasteiger partial charge >= 0.3 is 5.22 Å². The van der Waals surface area contributed by atoms with Gasteiger partial charge in [0.25, 0.3) is 0 Å². The molecular weight excluding hydrogens is 348 g/mol. The summed E-state index contributed by atoms with van der Waals surface area (Å²) >= 11 is 0. The average molecular weight is 362 g/mol. The van der Waals surface area contributed by atoms with Crippen molar-refractivity contribution in [2.45, 2.75) is 19.1 Å². The molecule has 3 aromatic rings. The normalized spacial score (nSPS) is 11.4. The van der Waals surface area contributed by atoms with Crippen LogP contribution in [0.15, 0.2) is 44.5 Å². The first-order chi connectivity index (χ1) is 11.8. The van der Waals surface area contributed by atoms with Crippen LogP contribution in [-0.4, -0.2) is 35.4 Å². The van der Waals surface area contributed by atoms with Crippen LogP contribution in [-0.2, 0) is 14.6 Å². The predicted octanol–water partition coefficient (Wildman–Crippen LogP) is 1.75. The molecule has 0 atom stereocenters. The quantitative estimate of drug-likeness (QED) is 0.727. The average Bonchev–Trinajstić information content (AvgIpc) is 3.17. The molecule has 0 aliphatic rings. The molecule has 0 bridgehead atoms. The number of nitrogens with one attached hydrogen (secondary N) is 1. The third-order valence-electron chi connectivity index (χ3n) is 3.26. The number of sulfone groups is 1. The largest absolute Gasteiger partial charge is 0.408 e. The summed E-state index contributed by atoms with van der Waals surface area (Å²) in [6.07, 6.45) is 0. The van der Waals surface area contributed by atoms with Gasteiger partial charge in [0.05, 0.1) is 0 Å². The highest BCUT2D eigenvalue weighted by Crippen LogP contribution is 2.23. The zero-order valence-corrected chi connectivity index (χ0v) is 14.2. The fourth-order valence-electron chi connectivity index (χ4n) is 2.10. The molecule has 10 heteroatoms. The van der Waals surface area contributed by atoms with Crippen molar-refractivity contribution in [3.63, 3.8) is 0 Å². The van der Waals surface area contributed by atoms with Crippen LogP contribution < -0.4 is 5.32 Å². The molecule has 0 radical (unpaired) electrons. The standard InChI is InChI=1S/C15H14N4O5S/c1-9-5-3-4-6-11(9)14-17-18-15(23-14)25(21,22)8-13(20)16-12-7-10(2)24-19-12/h3-7H,8H2,1-2H3,(H,16,19,20). The van der Waals surface area contributed by atoms with Gasteiger partial charge in [0.15, 0.2) is 5.82 Å². The molecule has 2 aromatic heterocycles. The summed E-state index contributed by atoms with van der Waals surface area (Å²) < 4.78 is 34.6. The topological polar surface area (TPSA) is 128 Å². The number of hydrogen-bond donors (Lipinski definition) is 1. The Kier molecular flexibility index (Phi) is 4.36. The predicted molar refractivity (Wildman–Crippen MR) is 86.4 cm³/mol. The highest BCUT2D eigenvalue weighted by atomic mass is 32.2. The molecule has 9 nitrogen and oxygen atoms in total. The van der Waals surface area contributed by atoms with Gasteiger partial charge in [-0.1, -0.05) is 28.5 Å². The van der Waals surface area contributed by atoms with Crippen LogP contribution in [0.2, 0.25) is 0 Å². The van der Waals surface area contributed by atoms with Crippen LogP contribution in [0, 0.1) is 13.8 Å². The maximum atomic E-state index is 12.3. The minimum atomic E-state index is -4.08. The number of carbonyl (C=O) groups excluding carboxylic acids is 1. The van der Waals surface area contributed by atoms with Crippen LogP contribution >= 0.6 is 0 Å². The van der Waals surface area contributed by atoms with Crippen molar-refractivity contribution in [2.75, 3.05) is 11.1 Å². The molecule has 2 heterocycles. The molecule has 0 aliphatic heterocycles. The third kappa shape index (κ3) is 3.74. The second-order valence-corrected chi connectivity index (χ2v) is 7.19. The van der Waals surface area contributed by atoms with Crippen LogP contribution in [0.3, 0.4) is 0 Å². The number of aryl methyl sites for hydroxylation is 2. The molecule has 0 unspecified atom stereocenters. The Hall–Kier alpha value is -3.01. The van der Waals surface area contributed by atoms with Crippen molar-refractivity contribution in [3.8, 4) is 11.5 Å². The summed E-state index contributed by atoms with van der Waals surface area (Å²) in [5.74, 6) is -0.955. The minimum absolute atomic E-state index is 0.0733. The zero-order valence-electron chi connectivity index (χ0n) is 13.4. The second-order valence-electron chi connectivity index (χ2n) is 5.32. The van der Waals surface area contributed by atoms with E-state index in [2.05, 4.69) is 20.7 Å². The number of rotatable bonds is 5. The monoisotopic (exact) mass is 362 g/mol. The summed E-state index contributed by atoms with van der Waals surface area (Å²) in [5, 5.41) is 12.6. The molecule has 0 saturated heterocycles. The number of nitrogens with zero attached hydrogens (tertiary/aromatic N) is 3. The first-order valence-electron chi connectivity index (χ1n) is 7.20. The molecule has 0 spiro atoms. The number of hydrogen-bond acceptors (Lipinski definition) is 8. The van der Waals surface area contributed by atoms with Crippen molar-refractivity contribution in [3.05, 3.63) is 41.7 Å². The van der Waals surface area contributed by atoms with Crippen LogP contribution in [0.1, 0.15) is 11.3 Å². The van der Waals surface area contributed by atoms with Crippen molar-refractivity contribution < 1.29 is 22.2 Å². The Morgan fingerprint density at radius 2 is 1.96 bits per heavy atom. The summed E-state index contributed by atoms with van der Waals surface area (Å²) in [5.41, 5.74) is 1.48. The lowest BCUT2D eigenvalue weighted by Gasteiger charge is -2.01. The van der Waals surface area contributed by atoms with E-state index < -0.39 is 26.7 Å². The van der Waals surface area contributed by atoms with Gasteiger partial charge in [-0.3, -0.25) is 4.79 Å². The molecule has 25 heavy (non-hydrogen) atoms. The fourth-order valence-corrected chi connectivity index (χ4v) is 3.01. The van der Waals surface area contributed by atoms with Gasteiger partial charge < -0.3 is 14.3 Å². The van der Waals surface area contributed by atoms with E-state index in [9.17, 15) is 13.2 Å². The van der Waals surface area contributed by atoms with E-state index in [1.165, 1.54) is 6.07 Å². The van der Waals surface area contributed by atoms with Gasteiger partial charge in [-0.05, 0) is 25.5 Å². The van der Waals surface area contributed by atoms with Gasteiger partial charge in [0.2, 0.25) is 21.6 Å². The van der Waals surface area contributed by atoms with Gasteiger partial charge in [-0.25, -0.2) is 8.42 Å². The van der Waals surface area contributed by atoms with Crippen LogP contribution in [0.4, 0.5) is 5.82 Å².